The van der Waals surface area contributed by atoms with Gasteiger partial charge in [0.1, 0.15) is 5.60 Å². The second-order valence-corrected chi connectivity index (χ2v) is 10.1. The topological polar surface area (TPSA) is 102 Å². The average molecular weight is 747 g/mol. The maximum absolute atomic E-state index is 13.6. The van der Waals surface area contributed by atoms with E-state index in [1.807, 2.05) is 41.3 Å². The SMILES string of the molecule is C[N-]C(=O)C[C@@H]1NC(CNC(=O)OC(C)(C)C)CCN(CC(c2ccccc2)c2ccccc2)C1=O.[CH3-].[U+2]. The zero-order valence-corrected chi connectivity index (χ0v) is 27.2. The van der Waals surface area contributed by atoms with Crippen LogP contribution in [-0.2, 0) is 14.3 Å². The first-order chi connectivity index (χ1) is 17.2. The van der Waals surface area contributed by atoms with Crippen molar-refractivity contribution in [2.75, 3.05) is 26.7 Å². The van der Waals surface area contributed by atoms with Crippen LogP contribution in [0.3, 0.4) is 0 Å². The molecule has 2 aromatic rings. The fourth-order valence-corrected chi connectivity index (χ4v) is 4.35. The molecular weight excluding hydrogens is 706 g/mol. The van der Waals surface area contributed by atoms with Crippen LogP contribution in [0.25, 0.3) is 5.32 Å². The van der Waals surface area contributed by atoms with E-state index in [4.69, 9.17) is 4.74 Å². The van der Waals surface area contributed by atoms with Crippen molar-refractivity contribution in [2.45, 2.75) is 57.2 Å². The van der Waals surface area contributed by atoms with E-state index in [0.717, 1.165) is 11.1 Å². The molecule has 8 nitrogen and oxygen atoms in total. The van der Waals surface area contributed by atoms with Gasteiger partial charge in [0.25, 0.3) is 0 Å². The summed E-state index contributed by atoms with van der Waals surface area (Å²) in [5, 5.41) is 9.80. The Morgan fingerprint density at radius 2 is 1.63 bits per heavy atom. The number of hydrogen-bond donors (Lipinski definition) is 2. The second kappa shape index (κ2) is 15.9. The predicted octanol–water partition coefficient (Wildman–Crippen LogP) is 4.27. The summed E-state index contributed by atoms with van der Waals surface area (Å²) in [6.07, 6.45) is 0.0724. The minimum Gasteiger partial charge on any atom is -0.656 e. The molecule has 3 rings (SSSR count). The molecule has 0 bridgehead atoms. The monoisotopic (exact) mass is 746 g/mol. The molecule has 1 saturated heterocycles. The third-order valence-corrected chi connectivity index (χ3v) is 6.12. The Morgan fingerprint density at radius 1 is 1.08 bits per heavy atom. The fourth-order valence-electron chi connectivity index (χ4n) is 4.35. The third kappa shape index (κ3) is 10.4. The van der Waals surface area contributed by atoms with Crippen LogP contribution in [0.4, 0.5) is 4.79 Å². The van der Waals surface area contributed by atoms with Gasteiger partial charge in [-0.1, -0.05) is 60.7 Å². The zero-order valence-electron chi connectivity index (χ0n) is 23.1. The summed E-state index contributed by atoms with van der Waals surface area (Å²) >= 11 is 0. The number of nitrogens with zero attached hydrogens (tertiary/aromatic N) is 2. The van der Waals surface area contributed by atoms with Crippen molar-refractivity contribution in [3.8, 4) is 0 Å². The summed E-state index contributed by atoms with van der Waals surface area (Å²) in [6, 6.07) is 19.3. The number of ether oxygens (including phenoxy) is 1. The van der Waals surface area contributed by atoms with Crippen LogP contribution >= 0.6 is 0 Å². The molecule has 1 aliphatic rings. The van der Waals surface area contributed by atoms with E-state index in [-0.39, 0.29) is 75.3 Å². The van der Waals surface area contributed by atoms with Crippen molar-refractivity contribution >= 4 is 17.9 Å². The molecule has 204 valence electrons. The fraction of sp³-hybridized carbons (Fsp3) is 0.448. The maximum Gasteiger partial charge on any atom is 2.00 e. The summed E-state index contributed by atoms with van der Waals surface area (Å²) in [5.41, 5.74) is 1.64. The molecule has 1 fully saturated rings. The number of nitrogens with one attached hydrogen (secondary N) is 2. The van der Waals surface area contributed by atoms with Gasteiger partial charge in [0.05, 0.1) is 11.9 Å². The van der Waals surface area contributed by atoms with Crippen LogP contribution in [0.5, 0.6) is 0 Å². The van der Waals surface area contributed by atoms with Gasteiger partial charge >= 0.3 is 37.2 Å². The van der Waals surface area contributed by atoms with Gasteiger partial charge in [-0.05, 0) is 38.3 Å². The Labute approximate surface area is 251 Å². The molecule has 0 aromatic heterocycles. The number of carbonyl (C=O) groups is 3. The minimum absolute atomic E-state index is 0. The summed E-state index contributed by atoms with van der Waals surface area (Å²) in [6.45, 7) is 6.67. The van der Waals surface area contributed by atoms with Crippen LogP contribution in [0.1, 0.15) is 50.7 Å². The molecule has 2 N–H and O–H groups in total. The Hall–Kier alpha value is -2.34. The van der Waals surface area contributed by atoms with E-state index < -0.39 is 17.7 Å². The van der Waals surface area contributed by atoms with Gasteiger partial charge in [0, 0.05) is 38.0 Å². The van der Waals surface area contributed by atoms with Gasteiger partial charge in [0.15, 0.2) is 0 Å². The summed E-state index contributed by atoms with van der Waals surface area (Å²) in [5.74, 6) is -0.493. The van der Waals surface area contributed by atoms with E-state index >= 15 is 0 Å². The molecule has 2 aromatic carbocycles. The average Bonchev–Trinajstić information content (AvgIpc) is 2.99. The van der Waals surface area contributed by atoms with Crippen molar-refractivity contribution in [3.05, 3.63) is 84.5 Å². The molecule has 3 amide bonds. The largest absolute Gasteiger partial charge is 2.00 e. The molecule has 1 aliphatic heterocycles. The standard InChI is InChI=1S/C28H38N4O4.CH3.U/c1-28(2,3)36-27(35)30-18-22-15-16-32(26(34)24(31-22)17-25(33)29-4)19-23(20-11-7-5-8-12-20)21-13-9-6-10-14-21;;/h5-14,22-24,31H,15-19H2,1-4H3,(H2,29,30,33,35);1H3;/q;-1;+2/p-1/t22?,24-;;/m0../s1. The predicted molar refractivity (Wildman–Crippen MR) is 146 cm³/mol. The van der Waals surface area contributed by atoms with Crippen LogP contribution in [0.2, 0.25) is 0 Å². The van der Waals surface area contributed by atoms with E-state index in [9.17, 15) is 14.4 Å². The molecule has 1 heterocycles. The smallest absolute Gasteiger partial charge is 0.656 e. The van der Waals surface area contributed by atoms with Crippen LogP contribution in [0.15, 0.2) is 60.7 Å². The molecular formula is C29H40N4O4U. The number of amides is 3. The molecule has 0 spiro atoms. The van der Waals surface area contributed by atoms with Crippen LogP contribution in [-0.4, -0.2) is 67.2 Å². The molecule has 38 heavy (non-hydrogen) atoms. The number of rotatable bonds is 8. The molecule has 9 heteroatoms. The first-order valence-corrected chi connectivity index (χ1v) is 12.4. The first-order valence-electron chi connectivity index (χ1n) is 12.4. The van der Waals surface area contributed by atoms with Crippen LogP contribution in [0, 0.1) is 38.5 Å². The summed E-state index contributed by atoms with van der Waals surface area (Å²) in [7, 11) is 1.43. The Bertz CT molecular complexity index is 975. The first kappa shape index (κ1) is 33.7. The van der Waals surface area contributed by atoms with Gasteiger partial charge in [-0.3, -0.25) is 4.79 Å². The molecule has 0 aliphatic carbocycles. The third-order valence-electron chi connectivity index (χ3n) is 6.12. The Morgan fingerprint density at radius 3 is 2.13 bits per heavy atom. The Kier molecular flexibility index (Phi) is 14.1. The normalized spacial score (nSPS) is 17.5. The van der Waals surface area contributed by atoms with Gasteiger partial charge in [-0.15, -0.1) is 7.05 Å². The summed E-state index contributed by atoms with van der Waals surface area (Å²) < 4.78 is 5.34. The van der Waals surface area contributed by atoms with E-state index in [1.54, 1.807) is 20.8 Å². The maximum atomic E-state index is 13.6. The van der Waals surface area contributed by atoms with Gasteiger partial charge in [-0.25, -0.2) is 4.79 Å². The summed E-state index contributed by atoms with van der Waals surface area (Å²) in [4.78, 5) is 39.8. The number of carbonyl (C=O) groups excluding carboxylic acids is 3. The van der Waals surface area contributed by atoms with E-state index in [0.29, 0.717) is 19.5 Å². The van der Waals surface area contributed by atoms with Crippen molar-refractivity contribution in [2.24, 2.45) is 0 Å². The number of benzene rings is 2. The van der Waals surface area contributed by atoms with Gasteiger partial charge in [0.2, 0.25) is 5.91 Å². The van der Waals surface area contributed by atoms with E-state index in [1.165, 1.54) is 7.05 Å². The molecule has 1 unspecified atom stereocenters. The van der Waals surface area contributed by atoms with Crippen molar-refractivity contribution < 1.29 is 50.2 Å². The Balaban J connectivity index is 0.00000361. The number of alkyl carbamates (subject to hydrolysis) is 1. The van der Waals surface area contributed by atoms with Crippen molar-refractivity contribution in [1.82, 2.24) is 15.5 Å². The van der Waals surface area contributed by atoms with Gasteiger partial charge in [-0.2, -0.15) is 0 Å². The number of hydrogen-bond acceptors (Lipinski definition) is 5. The quantitative estimate of drug-likeness (QED) is 0.394. The van der Waals surface area contributed by atoms with Crippen molar-refractivity contribution in [1.29, 1.82) is 0 Å². The van der Waals surface area contributed by atoms with Gasteiger partial charge < -0.3 is 37.8 Å². The second-order valence-electron chi connectivity index (χ2n) is 10.1. The van der Waals surface area contributed by atoms with Crippen molar-refractivity contribution in [3.63, 3.8) is 0 Å². The van der Waals surface area contributed by atoms with E-state index in [2.05, 4.69) is 40.2 Å². The molecule has 0 radical (unpaired) electrons. The minimum atomic E-state index is -0.721. The molecule has 0 saturated carbocycles. The van der Waals surface area contributed by atoms with Crippen LogP contribution < -0.4 is 10.6 Å². The zero-order chi connectivity index (χ0) is 26.1. The molecule has 2 atom stereocenters.